The molecule has 0 spiro atoms. The Hall–Kier alpha value is -0.890. The molecule has 1 atom stereocenters. The van der Waals surface area contributed by atoms with E-state index in [-0.39, 0.29) is 11.4 Å². The molecule has 1 unspecified atom stereocenters. The first-order valence-corrected chi connectivity index (χ1v) is 5.21. The van der Waals surface area contributed by atoms with Crippen LogP contribution in [0.2, 0.25) is 0 Å². The van der Waals surface area contributed by atoms with Gasteiger partial charge in [-0.25, -0.2) is 4.39 Å². The summed E-state index contributed by atoms with van der Waals surface area (Å²) in [4.78, 5) is 0. The molecule has 14 heavy (non-hydrogen) atoms. The van der Waals surface area contributed by atoms with E-state index in [2.05, 4.69) is 0 Å². The Kier molecular flexibility index (Phi) is 1.68. The monoisotopic (exact) mass is 192 g/mol. The second-order valence-electron chi connectivity index (χ2n) is 4.31. The number of ether oxygens (including phenoxy) is 1. The van der Waals surface area contributed by atoms with Crippen molar-refractivity contribution in [3.63, 3.8) is 0 Å². The lowest BCUT2D eigenvalue weighted by Crippen LogP contribution is -2.28. The van der Waals surface area contributed by atoms with Crippen molar-refractivity contribution in [3.05, 3.63) is 35.6 Å². The first-order valence-electron chi connectivity index (χ1n) is 5.21. The van der Waals surface area contributed by atoms with Crippen LogP contribution in [0.25, 0.3) is 0 Å². The molecule has 1 aromatic rings. The Morgan fingerprint density at radius 2 is 1.86 bits per heavy atom. The van der Waals surface area contributed by atoms with Crippen molar-refractivity contribution in [2.24, 2.45) is 5.92 Å². The molecule has 3 rings (SSSR count). The van der Waals surface area contributed by atoms with Gasteiger partial charge in [-0.2, -0.15) is 0 Å². The molecule has 1 saturated carbocycles. The lowest BCUT2D eigenvalue weighted by Gasteiger charge is -2.31. The molecule has 2 heteroatoms. The van der Waals surface area contributed by atoms with Crippen LogP contribution in [0.4, 0.5) is 4.39 Å². The van der Waals surface area contributed by atoms with E-state index in [1.165, 1.54) is 31.4 Å². The van der Waals surface area contributed by atoms with Gasteiger partial charge in [0.15, 0.2) is 0 Å². The molecule has 0 N–H and O–H groups in total. The van der Waals surface area contributed by atoms with Crippen molar-refractivity contribution >= 4 is 0 Å². The molecule has 1 aliphatic carbocycles. The van der Waals surface area contributed by atoms with E-state index >= 15 is 0 Å². The summed E-state index contributed by atoms with van der Waals surface area (Å²) in [5.74, 6) is 0.506. The van der Waals surface area contributed by atoms with Crippen LogP contribution in [0.3, 0.4) is 0 Å². The summed E-state index contributed by atoms with van der Waals surface area (Å²) in [6.07, 6.45) is 3.84. The fraction of sp³-hybridized carbons (Fsp3) is 0.500. The van der Waals surface area contributed by atoms with Gasteiger partial charge < -0.3 is 4.74 Å². The Morgan fingerprint density at radius 3 is 2.29 bits per heavy atom. The molecule has 1 heterocycles. The zero-order chi connectivity index (χ0) is 9.60. The largest absolute Gasteiger partial charge is 0.364 e. The van der Waals surface area contributed by atoms with Crippen LogP contribution in [0.5, 0.6) is 0 Å². The maximum absolute atomic E-state index is 12.8. The Morgan fingerprint density at radius 1 is 1.21 bits per heavy atom. The SMILES string of the molecule is Fc1ccc(C2(C3CCC3)CO2)cc1. The fourth-order valence-electron chi connectivity index (χ4n) is 2.32. The lowest BCUT2D eigenvalue weighted by molar-refractivity contribution is 0.142. The quantitative estimate of drug-likeness (QED) is 0.656. The summed E-state index contributed by atoms with van der Waals surface area (Å²) in [5, 5.41) is 0. The van der Waals surface area contributed by atoms with Crippen molar-refractivity contribution in [2.75, 3.05) is 6.61 Å². The number of hydrogen-bond acceptors (Lipinski definition) is 1. The Balaban J connectivity index is 1.90. The zero-order valence-corrected chi connectivity index (χ0v) is 8.00. The van der Waals surface area contributed by atoms with Gasteiger partial charge >= 0.3 is 0 Å². The van der Waals surface area contributed by atoms with Gasteiger partial charge in [-0.3, -0.25) is 0 Å². The van der Waals surface area contributed by atoms with Crippen LogP contribution >= 0.6 is 0 Å². The average Bonchev–Trinajstić information content (AvgIpc) is 2.84. The van der Waals surface area contributed by atoms with Gasteiger partial charge in [0.25, 0.3) is 0 Å². The summed E-state index contributed by atoms with van der Waals surface area (Å²) >= 11 is 0. The second-order valence-corrected chi connectivity index (χ2v) is 4.31. The third-order valence-corrected chi connectivity index (χ3v) is 3.55. The van der Waals surface area contributed by atoms with E-state index in [4.69, 9.17) is 4.74 Å². The van der Waals surface area contributed by atoms with Gasteiger partial charge in [-0.15, -0.1) is 0 Å². The molecular formula is C12H13FO. The zero-order valence-electron chi connectivity index (χ0n) is 8.00. The highest BCUT2D eigenvalue weighted by molar-refractivity contribution is 5.29. The predicted molar refractivity (Wildman–Crippen MR) is 51.4 cm³/mol. The normalized spacial score (nSPS) is 31.2. The van der Waals surface area contributed by atoms with E-state index < -0.39 is 0 Å². The maximum atomic E-state index is 12.8. The van der Waals surface area contributed by atoms with E-state index in [0.29, 0.717) is 5.92 Å². The summed E-state index contributed by atoms with van der Waals surface area (Å²) in [6.45, 7) is 0.823. The average molecular weight is 192 g/mol. The summed E-state index contributed by atoms with van der Waals surface area (Å²) in [6, 6.07) is 6.77. The molecule has 74 valence electrons. The molecule has 0 bridgehead atoms. The van der Waals surface area contributed by atoms with Crippen molar-refractivity contribution < 1.29 is 9.13 Å². The lowest BCUT2D eigenvalue weighted by atomic mass is 9.73. The van der Waals surface area contributed by atoms with E-state index in [1.807, 2.05) is 12.1 Å². The summed E-state index contributed by atoms with van der Waals surface area (Å²) in [7, 11) is 0. The van der Waals surface area contributed by atoms with Gasteiger partial charge in [0.1, 0.15) is 11.4 Å². The second kappa shape index (κ2) is 2.80. The van der Waals surface area contributed by atoms with Crippen LogP contribution in [-0.2, 0) is 10.3 Å². The molecule has 0 amide bonds. The Labute approximate surface area is 82.9 Å². The highest BCUT2D eigenvalue weighted by Crippen LogP contribution is 2.53. The minimum absolute atomic E-state index is 0.0358. The highest BCUT2D eigenvalue weighted by Gasteiger charge is 2.54. The Bertz CT molecular complexity index is 336. The minimum Gasteiger partial charge on any atom is -0.364 e. The third kappa shape index (κ3) is 1.10. The molecular weight excluding hydrogens is 179 g/mol. The van der Waals surface area contributed by atoms with E-state index in [0.717, 1.165) is 12.2 Å². The van der Waals surface area contributed by atoms with Crippen LogP contribution in [0.1, 0.15) is 24.8 Å². The van der Waals surface area contributed by atoms with Crippen LogP contribution in [0.15, 0.2) is 24.3 Å². The number of epoxide rings is 1. The van der Waals surface area contributed by atoms with E-state index in [1.54, 1.807) is 0 Å². The minimum atomic E-state index is -0.168. The predicted octanol–water partition coefficient (Wildman–Crippen LogP) is 2.85. The van der Waals surface area contributed by atoms with E-state index in [9.17, 15) is 4.39 Å². The molecule has 2 aliphatic rings. The standard InChI is InChI=1S/C12H13FO/c13-11-6-4-10(5-7-11)12(8-14-12)9-2-1-3-9/h4-7,9H,1-3,8H2. The van der Waals surface area contributed by atoms with Gasteiger partial charge in [-0.05, 0) is 36.5 Å². The van der Waals surface area contributed by atoms with Gasteiger partial charge in [0.05, 0.1) is 6.61 Å². The van der Waals surface area contributed by atoms with Gasteiger partial charge in [0.2, 0.25) is 0 Å². The topological polar surface area (TPSA) is 12.5 Å². The van der Waals surface area contributed by atoms with Gasteiger partial charge in [0, 0.05) is 0 Å². The summed E-state index contributed by atoms with van der Waals surface area (Å²) in [5.41, 5.74) is 1.12. The first kappa shape index (κ1) is 8.42. The van der Waals surface area contributed by atoms with Gasteiger partial charge in [-0.1, -0.05) is 18.6 Å². The molecule has 1 nitrogen and oxygen atoms in total. The van der Waals surface area contributed by atoms with Crippen LogP contribution in [0, 0.1) is 11.7 Å². The number of hydrogen-bond donors (Lipinski definition) is 0. The fourth-order valence-corrected chi connectivity index (χ4v) is 2.32. The highest BCUT2D eigenvalue weighted by atomic mass is 19.1. The smallest absolute Gasteiger partial charge is 0.123 e. The van der Waals surface area contributed by atoms with Crippen LogP contribution < -0.4 is 0 Å². The molecule has 1 aromatic carbocycles. The van der Waals surface area contributed by atoms with Crippen molar-refractivity contribution in [1.82, 2.24) is 0 Å². The first-order chi connectivity index (χ1) is 6.81. The van der Waals surface area contributed by atoms with Crippen LogP contribution in [-0.4, -0.2) is 6.61 Å². The molecule has 1 saturated heterocycles. The molecule has 1 aliphatic heterocycles. The molecule has 0 aromatic heterocycles. The molecule has 0 radical (unpaired) electrons. The van der Waals surface area contributed by atoms with Crippen molar-refractivity contribution in [3.8, 4) is 0 Å². The number of halogens is 1. The van der Waals surface area contributed by atoms with Crippen molar-refractivity contribution in [2.45, 2.75) is 24.9 Å². The maximum Gasteiger partial charge on any atom is 0.123 e. The van der Waals surface area contributed by atoms with Crippen molar-refractivity contribution in [1.29, 1.82) is 0 Å². The molecule has 2 fully saturated rings. The summed E-state index contributed by atoms with van der Waals surface area (Å²) < 4.78 is 18.4. The number of rotatable bonds is 2. The third-order valence-electron chi connectivity index (χ3n) is 3.55. The number of benzene rings is 1.